The number of aliphatic hydroxyl groups is 1. The number of morpholine rings is 1. The molecule has 3 heterocycles. The fourth-order valence-electron chi connectivity index (χ4n) is 3.06. The highest BCUT2D eigenvalue weighted by Gasteiger charge is 2.44. The van der Waals surface area contributed by atoms with Crippen molar-refractivity contribution in [3.63, 3.8) is 0 Å². The lowest BCUT2D eigenvalue weighted by atomic mass is 9.99. The van der Waals surface area contributed by atoms with Crippen molar-refractivity contribution in [3.05, 3.63) is 24.2 Å². The summed E-state index contributed by atoms with van der Waals surface area (Å²) in [5.74, 6) is 0.681. The number of hydrogen-bond acceptors (Lipinski definition) is 5. The van der Waals surface area contributed by atoms with E-state index in [4.69, 9.17) is 14.3 Å². The first-order chi connectivity index (χ1) is 9.76. The zero-order chi connectivity index (χ0) is 13.9. The van der Waals surface area contributed by atoms with E-state index in [1.54, 1.807) is 12.3 Å². The van der Waals surface area contributed by atoms with Crippen LogP contribution < -0.4 is 5.32 Å². The van der Waals surface area contributed by atoms with Crippen molar-refractivity contribution in [2.75, 3.05) is 26.2 Å². The number of fused-ring (bicyclic) bond motifs is 2. The van der Waals surface area contributed by atoms with Crippen LogP contribution in [0.5, 0.6) is 0 Å². The molecule has 2 saturated heterocycles. The first kappa shape index (κ1) is 13.6. The van der Waals surface area contributed by atoms with Gasteiger partial charge in [0.25, 0.3) is 0 Å². The molecule has 3 atom stereocenters. The van der Waals surface area contributed by atoms with E-state index >= 15 is 0 Å². The Bertz CT molecular complexity index is 448. The molecule has 2 fully saturated rings. The Morgan fingerprint density at radius 1 is 1.50 bits per heavy atom. The van der Waals surface area contributed by atoms with Crippen molar-refractivity contribution < 1.29 is 19.1 Å². The van der Waals surface area contributed by atoms with E-state index in [0.29, 0.717) is 13.1 Å². The number of amides is 1. The monoisotopic (exact) mass is 280 g/mol. The van der Waals surface area contributed by atoms with Crippen LogP contribution in [-0.4, -0.2) is 54.4 Å². The minimum atomic E-state index is -0.0985. The van der Waals surface area contributed by atoms with Gasteiger partial charge in [0.15, 0.2) is 0 Å². The Morgan fingerprint density at radius 3 is 3.15 bits per heavy atom. The molecule has 0 spiro atoms. The van der Waals surface area contributed by atoms with E-state index in [1.165, 1.54) is 0 Å². The van der Waals surface area contributed by atoms with E-state index in [9.17, 15) is 4.79 Å². The van der Waals surface area contributed by atoms with Crippen LogP contribution in [-0.2, 0) is 16.1 Å². The summed E-state index contributed by atoms with van der Waals surface area (Å²) >= 11 is 0. The van der Waals surface area contributed by atoms with Gasteiger partial charge in [-0.05, 0) is 18.6 Å². The van der Waals surface area contributed by atoms with Crippen molar-refractivity contribution >= 4 is 5.91 Å². The fraction of sp³-hybridized carbons (Fsp3) is 0.643. The van der Waals surface area contributed by atoms with Gasteiger partial charge in [-0.15, -0.1) is 0 Å². The molecule has 20 heavy (non-hydrogen) atoms. The van der Waals surface area contributed by atoms with Crippen molar-refractivity contribution in [3.8, 4) is 0 Å². The predicted molar refractivity (Wildman–Crippen MR) is 70.8 cm³/mol. The van der Waals surface area contributed by atoms with Crippen LogP contribution in [0.2, 0.25) is 0 Å². The summed E-state index contributed by atoms with van der Waals surface area (Å²) in [7, 11) is 0. The van der Waals surface area contributed by atoms with Gasteiger partial charge >= 0.3 is 0 Å². The Balaban J connectivity index is 1.54. The molecule has 0 radical (unpaired) electrons. The maximum atomic E-state index is 12.2. The fourth-order valence-corrected chi connectivity index (χ4v) is 3.06. The normalized spacial score (nSPS) is 29.6. The predicted octanol–water partition coefficient (Wildman–Crippen LogP) is -0.0226. The van der Waals surface area contributed by atoms with Gasteiger partial charge in [0.1, 0.15) is 5.76 Å². The number of nitrogens with zero attached hydrogens (tertiary/aromatic N) is 1. The van der Waals surface area contributed by atoms with Crippen molar-refractivity contribution in [2.24, 2.45) is 5.92 Å². The molecule has 0 aromatic carbocycles. The van der Waals surface area contributed by atoms with Gasteiger partial charge < -0.3 is 19.6 Å². The summed E-state index contributed by atoms with van der Waals surface area (Å²) in [5.41, 5.74) is 0. The molecular formula is C14H20N2O4. The summed E-state index contributed by atoms with van der Waals surface area (Å²) in [5, 5.41) is 11.9. The quantitative estimate of drug-likeness (QED) is 0.793. The van der Waals surface area contributed by atoms with Gasteiger partial charge in [-0.1, -0.05) is 0 Å². The minimum absolute atomic E-state index is 0.0275. The first-order valence-corrected chi connectivity index (χ1v) is 7.05. The van der Waals surface area contributed by atoms with Crippen LogP contribution in [0.25, 0.3) is 0 Å². The molecule has 6 heteroatoms. The molecule has 0 unspecified atom stereocenters. The number of aliphatic hydroxyl groups excluding tert-OH is 1. The highest BCUT2D eigenvalue weighted by Crippen LogP contribution is 2.31. The van der Waals surface area contributed by atoms with E-state index in [1.807, 2.05) is 6.07 Å². The second-order valence-electron chi connectivity index (χ2n) is 5.42. The molecule has 2 bridgehead atoms. The van der Waals surface area contributed by atoms with Crippen LogP contribution in [0.4, 0.5) is 0 Å². The summed E-state index contributed by atoms with van der Waals surface area (Å²) in [4.78, 5) is 14.4. The SMILES string of the molecule is O=C(NCc1ccco1)[C@@H]1C[C@H]2CN(CCO)C[C@H]1O2. The van der Waals surface area contributed by atoms with Gasteiger partial charge in [-0.2, -0.15) is 0 Å². The van der Waals surface area contributed by atoms with Crippen molar-refractivity contribution in [1.29, 1.82) is 0 Å². The molecule has 3 rings (SSSR count). The summed E-state index contributed by atoms with van der Waals surface area (Å²) in [6, 6.07) is 3.65. The zero-order valence-electron chi connectivity index (χ0n) is 11.3. The first-order valence-electron chi connectivity index (χ1n) is 7.05. The third-order valence-corrected chi connectivity index (χ3v) is 4.00. The van der Waals surface area contributed by atoms with Gasteiger partial charge in [0.2, 0.25) is 5.91 Å². The molecule has 2 aliphatic rings. The summed E-state index contributed by atoms with van der Waals surface area (Å²) in [6.45, 7) is 2.74. The summed E-state index contributed by atoms with van der Waals surface area (Å²) in [6.07, 6.45) is 2.41. The Hall–Kier alpha value is -1.37. The molecule has 0 aliphatic carbocycles. The number of likely N-dealkylation sites (tertiary alicyclic amines) is 1. The third-order valence-electron chi connectivity index (χ3n) is 4.00. The van der Waals surface area contributed by atoms with Crippen LogP contribution in [0, 0.1) is 5.92 Å². The average Bonchev–Trinajstić information content (AvgIpc) is 3.04. The van der Waals surface area contributed by atoms with Crippen molar-refractivity contribution in [2.45, 2.75) is 25.2 Å². The number of ether oxygens (including phenoxy) is 1. The number of rotatable bonds is 5. The second-order valence-corrected chi connectivity index (χ2v) is 5.42. The van der Waals surface area contributed by atoms with E-state index in [-0.39, 0.29) is 30.6 Å². The molecule has 1 amide bonds. The summed E-state index contributed by atoms with van der Waals surface area (Å²) < 4.78 is 11.0. The Labute approximate surface area is 117 Å². The smallest absolute Gasteiger partial charge is 0.226 e. The lowest BCUT2D eigenvalue weighted by Gasteiger charge is -2.32. The molecule has 110 valence electrons. The van der Waals surface area contributed by atoms with Crippen LogP contribution in [0.1, 0.15) is 12.2 Å². The molecular weight excluding hydrogens is 260 g/mol. The highest BCUT2D eigenvalue weighted by atomic mass is 16.5. The molecule has 1 aromatic heterocycles. The maximum Gasteiger partial charge on any atom is 0.226 e. The van der Waals surface area contributed by atoms with Gasteiger partial charge in [0.05, 0.1) is 37.5 Å². The zero-order valence-corrected chi connectivity index (χ0v) is 11.3. The molecule has 1 aromatic rings. The maximum absolute atomic E-state index is 12.2. The lowest BCUT2D eigenvalue weighted by Crippen LogP contribution is -2.46. The number of carbonyl (C=O) groups excluding carboxylic acids is 1. The third kappa shape index (κ3) is 2.87. The van der Waals surface area contributed by atoms with Crippen LogP contribution >= 0.6 is 0 Å². The molecule has 2 N–H and O–H groups in total. The number of β-amino-alcohol motifs (C(OH)–C–C–N with tert-alkyl or cyclic N) is 1. The molecule has 6 nitrogen and oxygen atoms in total. The largest absolute Gasteiger partial charge is 0.467 e. The topological polar surface area (TPSA) is 74.9 Å². The van der Waals surface area contributed by atoms with E-state index < -0.39 is 0 Å². The number of furan rings is 1. The van der Waals surface area contributed by atoms with Gasteiger partial charge in [0, 0.05) is 19.6 Å². The standard InChI is InChI=1S/C14H20N2O4/c17-4-3-16-8-11-6-12(13(9-16)20-11)14(18)15-7-10-2-1-5-19-10/h1-2,5,11-13,17H,3-4,6-9H2,(H,15,18)/t11-,12+,13+/m0/s1. The van der Waals surface area contributed by atoms with E-state index in [0.717, 1.165) is 25.3 Å². The molecule has 2 aliphatic heterocycles. The van der Waals surface area contributed by atoms with Crippen molar-refractivity contribution in [1.82, 2.24) is 10.2 Å². The number of hydrogen-bond donors (Lipinski definition) is 2. The molecule has 0 saturated carbocycles. The minimum Gasteiger partial charge on any atom is -0.467 e. The van der Waals surface area contributed by atoms with E-state index in [2.05, 4.69) is 10.2 Å². The Morgan fingerprint density at radius 2 is 2.40 bits per heavy atom. The average molecular weight is 280 g/mol. The van der Waals surface area contributed by atoms with Crippen LogP contribution in [0.15, 0.2) is 22.8 Å². The van der Waals surface area contributed by atoms with Gasteiger partial charge in [-0.3, -0.25) is 9.69 Å². The van der Waals surface area contributed by atoms with Crippen LogP contribution in [0.3, 0.4) is 0 Å². The second kappa shape index (κ2) is 5.95. The number of nitrogens with one attached hydrogen (secondary N) is 1. The van der Waals surface area contributed by atoms with Gasteiger partial charge in [-0.25, -0.2) is 0 Å². The number of carbonyl (C=O) groups is 1. The lowest BCUT2D eigenvalue weighted by molar-refractivity contribution is -0.128. The highest BCUT2D eigenvalue weighted by molar-refractivity contribution is 5.79. The Kier molecular flexibility index (Phi) is 4.05.